The van der Waals surface area contributed by atoms with Gasteiger partial charge in [-0.2, -0.15) is 0 Å². The molecule has 0 aliphatic heterocycles. The van der Waals surface area contributed by atoms with Gasteiger partial charge in [0.2, 0.25) is 59.1 Å². The fourth-order valence-corrected chi connectivity index (χ4v) is 6.65. The van der Waals surface area contributed by atoms with Crippen molar-refractivity contribution >= 4 is 77.0 Å². The molecule has 0 aromatic carbocycles. The van der Waals surface area contributed by atoms with Crippen LogP contribution in [-0.4, -0.2) is 147 Å². The van der Waals surface area contributed by atoms with Crippen molar-refractivity contribution in [2.45, 2.75) is 172 Å². The number of nitrogens with one attached hydrogen (secondary N) is 7. The second-order valence-corrected chi connectivity index (χ2v) is 17.5. The van der Waals surface area contributed by atoms with Crippen molar-refractivity contribution in [3.8, 4) is 0 Å². The van der Waals surface area contributed by atoms with Gasteiger partial charge in [0.25, 0.3) is 0 Å². The molecule has 0 aromatic heterocycles. The van der Waals surface area contributed by atoms with E-state index in [1.165, 1.54) is 0 Å². The molecule has 0 heterocycles. The second kappa shape index (κ2) is 33.5. The lowest BCUT2D eigenvalue weighted by molar-refractivity contribution is -0.143. The number of unbranched alkanes of at least 4 members (excludes halogenated alkanes) is 1. The van der Waals surface area contributed by atoms with Crippen LogP contribution in [-0.2, 0) is 62.3 Å². The molecule has 0 spiro atoms. The van der Waals surface area contributed by atoms with Crippen LogP contribution in [0, 0.1) is 11.8 Å². The van der Waals surface area contributed by atoms with Crippen LogP contribution in [0.2, 0.25) is 0 Å². The van der Waals surface area contributed by atoms with Gasteiger partial charge in [-0.1, -0.05) is 34.1 Å². The summed E-state index contributed by atoms with van der Waals surface area (Å²) in [6, 6.07) is -12.2. The molecule has 0 rings (SSSR count). The Morgan fingerprint density at radius 2 is 0.789 bits per heavy atom. The Labute approximate surface area is 410 Å². The van der Waals surface area contributed by atoms with Gasteiger partial charge in [0.1, 0.15) is 42.3 Å². The first-order valence-electron chi connectivity index (χ1n) is 23.2. The number of hydrogen-bond acceptors (Lipinski definition) is 15. The zero-order valence-corrected chi connectivity index (χ0v) is 40.6. The Kier molecular flexibility index (Phi) is 30.3. The molecule has 0 fully saturated rings. The molecule has 0 aliphatic rings. The van der Waals surface area contributed by atoms with Crippen molar-refractivity contribution in [2.24, 2.45) is 40.5 Å². The molecule has 0 radical (unpaired) electrons. The van der Waals surface area contributed by atoms with Gasteiger partial charge in [-0.3, -0.25) is 57.5 Å². The predicted octanol–water partition coefficient (Wildman–Crippen LogP) is -4.46. The fraction of sp³-hybridized carbons (Fsp3) is 0.698. The van der Waals surface area contributed by atoms with Gasteiger partial charge in [0.05, 0.1) is 6.04 Å². The lowest BCUT2D eigenvalue weighted by atomic mass is 9.96. The molecule has 10 amide bonds. The number of primary amides is 3. The summed E-state index contributed by atoms with van der Waals surface area (Å²) in [6.07, 6.45) is -3.98. The van der Waals surface area contributed by atoms with Crippen molar-refractivity contribution in [1.82, 2.24) is 37.2 Å². The zero-order valence-electron chi connectivity index (χ0n) is 40.6. The Hall–Kier alpha value is -6.97. The van der Waals surface area contributed by atoms with Gasteiger partial charge in [-0.05, 0) is 76.2 Å². The molecule has 0 saturated carbocycles. The Morgan fingerprint density at radius 3 is 1.17 bits per heavy atom. The van der Waals surface area contributed by atoms with Crippen LogP contribution < -0.4 is 65.9 Å². The SMILES string of the molecule is CC[C@H](C)[C@H](NC(=O)[C@@H](N)CCC(=O)O)C(=O)N[C@@H](CCC(=O)O)C(=O)N[C@@H](CCC(N)=O)C(=O)N[C@@H](CCCCN)C(=O)N[C@@H](CCC(N)=O)C(=O)N[C@@H](CC(C)C)C(=O)N[C@@H](CCC(N)=O)C(=O)O. The van der Waals surface area contributed by atoms with Gasteiger partial charge in [0.15, 0.2) is 0 Å². The van der Waals surface area contributed by atoms with Gasteiger partial charge in [-0.25, -0.2) is 4.79 Å². The number of aliphatic carboxylic acids is 3. The molecule has 0 aliphatic carbocycles. The summed E-state index contributed by atoms with van der Waals surface area (Å²) in [7, 11) is 0. The molecule has 20 N–H and O–H groups in total. The normalized spacial score (nSPS) is 14.8. The van der Waals surface area contributed by atoms with Crippen LogP contribution in [0.4, 0.5) is 0 Å². The third-order valence-corrected chi connectivity index (χ3v) is 10.9. The molecule has 0 unspecified atom stereocenters. The minimum Gasteiger partial charge on any atom is -0.481 e. The van der Waals surface area contributed by atoms with Crippen molar-refractivity contribution in [3.63, 3.8) is 0 Å². The number of carbonyl (C=O) groups excluding carboxylic acids is 10. The summed E-state index contributed by atoms with van der Waals surface area (Å²) in [5.41, 5.74) is 27.3. The highest BCUT2D eigenvalue weighted by atomic mass is 16.4. The minimum absolute atomic E-state index is 0.0485. The lowest BCUT2D eigenvalue weighted by Crippen LogP contribution is -2.60. The summed E-state index contributed by atoms with van der Waals surface area (Å²) in [5, 5.41) is 44.9. The summed E-state index contributed by atoms with van der Waals surface area (Å²) in [6.45, 7) is 6.79. The first-order valence-corrected chi connectivity index (χ1v) is 23.2. The molecule has 402 valence electrons. The van der Waals surface area contributed by atoms with Crippen LogP contribution in [0.5, 0.6) is 0 Å². The third kappa shape index (κ3) is 27.1. The van der Waals surface area contributed by atoms with Crippen LogP contribution >= 0.6 is 0 Å². The number of hydrogen-bond donors (Lipinski definition) is 15. The van der Waals surface area contributed by atoms with Crippen LogP contribution in [0.25, 0.3) is 0 Å². The molecule has 28 nitrogen and oxygen atoms in total. The summed E-state index contributed by atoms with van der Waals surface area (Å²) < 4.78 is 0. The summed E-state index contributed by atoms with van der Waals surface area (Å²) >= 11 is 0. The number of amides is 10. The molecular formula is C43H74N12O16. The first kappa shape index (κ1) is 64.0. The van der Waals surface area contributed by atoms with E-state index >= 15 is 0 Å². The van der Waals surface area contributed by atoms with Crippen molar-refractivity contribution in [3.05, 3.63) is 0 Å². The fourth-order valence-electron chi connectivity index (χ4n) is 6.65. The number of carboxylic acid groups (broad SMARTS) is 3. The smallest absolute Gasteiger partial charge is 0.326 e. The van der Waals surface area contributed by atoms with Crippen molar-refractivity contribution < 1.29 is 77.6 Å². The van der Waals surface area contributed by atoms with E-state index < -0.39 is 176 Å². The van der Waals surface area contributed by atoms with E-state index in [4.69, 9.17) is 33.8 Å². The highest BCUT2D eigenvalue weighted by Crippen LogP contribution is 2.13. The average molecular weight is 1020 g/mol. The predicted molar refractivity (Wildman–Crippen MR) is 250 cm³/mol. The Morgan fingerprint density at radius 1 is 0.437 bits per heavy atom. The number of rotatable bonds is 38. The zero-order chi connectivity index (χ0) is 54.5. The van der Waals surface area contributed by atoms with Gasteiger partial charge >= 0.3 is 17.9 Å². The Balaban J connectivity index is 6.82. The number of carbonyl (C=O) groups is 13. The van der Waals surface area contributed by atoms with E-state index in [1.807, 2.05) is 0 Å². The minimum atomic E-state index is -1.69. The van der Waals surface area contributed by atoms with Crippen molar-refractivity contribution in [1.29, 1.82) is 0 Å². The van der Waals surface area contributed by atoms with Gasteiger partial charge in [-0.15, -0.1) is 0 Å². The first-order chi connectivity index (χ1) is 33.1. The molecule has 9 atom stereocenters. The highest BCUT2D eigenvalue weighted by Gasteiger charge is 2.36. The maximum Gasteiger partial charge on any atom is 0.326 e. The van der Waals surface area contributed by atoms with Gasteiger partial charge in [0, 0.05) is 32.1 Å². The van der Waals surface area contributed by atoms with E-state index in [-0.39, 0.29) is 51.0 Å². The number of nitrogens with two attached hydrogens (primary N) is 5. The maximum atomic E-state index is 14.0. The van der Waals surface area contributed by atoms with E-state index in [2.05, 4.69) is 37.2 Å². The summed E-state index contributed by atoms with van der Waals surface area (Å²) in [5.74, 6) is -14.7. The molecule has 0 aromatic rings. The summed E-state index contributed by atoms with van der Waals surface area (Å²) in [4.78, 5) is 165. The van der Waals surface area contributed by atoms with Crippen LogP contribution in [0.1, 0.15) is 124 Å². The van der Waals surface area contributed by atoms with E-state index in [9.17, 15) is 72.5 Å². The molecule has 28 heteroatoms. The van der Waals surface area contributed by atoms with Gasteiger partial charge < -0.3 is 81.2 Å². The van der Waals surface area contributed by atoms with E-state index in [1.54, 1.807) is 27.7 Å². The van der Waals surface area contributed by atoms with E-state index in [0.717, 1.165) is 0 Å². The molecular weight excluding hydrogens is 941 g/mol. The van der Waals surface area contributed by atoms with Crippen molar-refractivity contribution in [2.75, 3.05) is 6.54 Å². The average Bonchev–Trinajstić information content (AvgIpc) is 3.28. The number of carboxylic acids is 3. The molecule has 0 saturated heterocycles. The standard InChI is InChI=1S/C43H74N12O16/c1-5-22(4)35(55-36(63)23(45)9-17-33(59)60)42(69)52-27(13-18-34(61)62)39(66)51-25(10-14-30(46)56)38(65)49-24(8-6-7-19-44)37(64)50-26(11-15-31(47)57)40(67)54-29(20-21(2)3)41(68)53-28(43(70)71)12-16-32(48)58/h21-29,35H,5-20,44-45H2,1-4H3,(H2,46,56)(H2,47,57)(H2,48,58)(H,49,65)(H,50,64)(H,51,66)(H,52,69)(H,53,68)(H,54,67)(H,55,63)(H,59,60)(H,61,62)(H,70,71)/t22-,23-,24-,25-,26-,27-,28-,29-,35-/m0/s1. The van der Waals surface area contributed by atoms with Crippen LogP contribution in [0.3, 0.4) is 0 Å². The topological polar surface area (TPSA) is 497 Å². The Bertz CT molecular complexity index is 1890. The third-order valence-electron chi connectivity index (χ3n) is 10.9. The highest BCUT2D eigenvalue weighted by molar-refractivity contribution is 5.98. The van der Waals surface area contributed by atoms with E-state index in [0.29, 0.717) is 12.8 Å². The lowest BCUT2D eigenvalue weighted by Gasteiger charge is -2.29. The quantitative estimate of drug-likeness (QED) is 0.0259. The molecule has 71 heavy (non-hydrogen) atoms. The maximum absolute atomic E-state index is 14.0. The monoisotopic (exact) mass is 1010 g/mol. The van der Waals surface area contributed by atoms with Crippen LogP contribution in [0.15, 0.2) is 0 Å². The second-order valence-electron chi connectivity index (χ2n) is 17.5. The largest absolute Gasteiger partial charge is 0.481 e. The molecule has 0 bridgehead atoms.